The minimum Gasteiger partial charge on any atom is -0.147 e. The van der Waals surface area contributed by atoms with Crippen molar-refractivity contribution in [2.45, 2.75) is 143 Å². The van der Waals surface area contributed by atoms with Gasteiger partial charge in [-0.25, -0.2) is 0 Å². The second-order valence-corrected chi connectivity index (χ2v) is 11.0. The van der Waals surface area contributed by atoms with Crippen molar-refractivity contribution in [3.8, 4) is 0 Å². The molecule has 0 aliphatic heterocycles. The van der Waals surface area contributed by atoms with Gasteiger partial charge in [0.05, 0.1) is 0 Å². The molecule has 0 rings (SSSR count). The summed E-state index contributed by atoms with van der Waals surface area (Å²) in [4.78, 5) is 0. The molecule has 26 heavy (non-hydrogen) atoms. The zero-order valence-corrected chi connectivity index (χ0v) is 20.6. The van der Waals surface area contributed by atoms with Gasteiger partial charge in [-0.05, 0) is 43.7 Å². The van der Waals surface area contributed by atoms with E-state index in [2.05, 4.69) is 27.7 Å². The monoisotopic (exact) mass is 406 g/mol. The maximum atomic E-state index is 2.40. The number of halogens is 1. The second-order valence-electron chi connectivity index (χ2n) is 8.16. The number of unbranched alkanes of at least 4 members (excludes halogenated alkanes) is 11. The molecule has 0 amide bonds. The minimum atomic E-state index is 0. The SMILES string of the molecule is CCCCCCCCCCCCC(CCC)P(CCCC)CCCC.Cl. The van der Waals surface area contributed by atoms with Crippen molar-refractivity contribution < 1.29 is 0 Å². The molecular formula is C24H52ClP. The van der Waals surface area contributed by atoms with Crippen LogP contribution in [0.15, 0.2) is 0 Å². The van der Waals surface area contributed by atoms with Crippen molar-refractivity contribution >= 4 is 20.3 Å². The topological polar surface area (TPSA) is 0 Å². The molecule has 1 unspecified atom stereocenters. The smallest absolute Gasteiger partial charge is 0.0209 e. The fraction of sp³-hybridized carbons (Fsp3) is 1.00. The maximum absolute atomic E-state index is 2.40. The van der Waals surface area contributed by atoms with Crippen LogP contribution in [0.3, 0.4) is 0 Å². The highest BCUT2D eigenvalue weighted by molar-refractivity contribution is 7.58. The van der Waals surface area contributed by atoms with Crippen LogP contribution < -0.4 is 0 Å². The average molecular weight is 407 g/mol. The van der Waals surface area contributed by atoms with Crippen LogP contribution in [0.5, 0.6) is 0 Å². The van der Waals surface area contributed by atoms with Crippen LogP contribution in [0.2, 0.25) is 0 Å². The Morgan fingerprint density at radius 3 is 1.31 bits per heavy atom. The molecule has 0 saturated heterocycles. The fourth-order valence-electron chi connectivity index (χ4n) is 3.91. The van der Waals surface area contributed by atoms with E-state index in [1.54, 1.807) is 18.7 Å². The molecule has 0 aliphatic carbocycles. The third-order valence-electron chi connectivity index (χ3n) is 5.63. The molecule has 1 atom stereocenters. The summed E-state index contributed by atoms with van der Waals surface area (Å²) in [5.74, 6) is 0. The van der Waals surface area contributed by atoms with Crippen molar-refractivity contribution in [2.75, 3.05) is 12.3 Å². The Morgan fingerprint density at radius 2 is 0.885 bits per heavy atom. The Hall–Kier alpha value is 0.720. The summed E-state index contributed by atoms with van der Waals surface area (Å²) in [6.45, 7) is 9.44. The summed E-state index contributed by atoms with van der Waals surface area (Å²) in [6, 6.07) is 0. The van der Waals surface area contributed by atoms with E-state index in [1.807, 2.05) is 0 Å². The molecule has 0 N–H and O–H groups in total. The van der Waals surface area contributed by atoms with Gasteiger partial charge in [0.1, 0.15) is 0 Å². The second kappa shape index (κ2) is 23.8. The van der Waals surface area contributed by atoms with Crippen LogP contribution >= 0.6 is 20.3 Å². The van der Waals surface area contributed by atoms with Crippen LogP contribution in [0.4, 0.5) is 0 Å². The van der Waals surface area contributed by atoms with Crippen molar-refractivity contribution in [1.29, 1.82) is 0 Å². The molecule has 0 aromatic carbocycles. The van der Waals surface area contributed by atoms with Gasteiger partial charge in [-0.15, -0.1) is 20.3 Å². The summed E-state index contributed by atoms with van der Waals surface area (Å²) < 4.78 is 0. The van der Waals surface area contributed by atoms with Crippen molar-refractivity contribution in [1.82, 2.24) is 0 Å². The molecule has 2 heteroatoms. The Balaban J connectivity index is 0. The summed E-state index contributed by atoms with van der Waals surface area (Å²) in [6.07, 6.45) is 28.1. The highest BCUT2D eigenvalue weighted by atomic mass is 35.5. The van der Waals surface area contributed by atoms with Crippen LogP contribution in [0.25, 0.3) is 0 Å². The van der Waals surface area contributed by atoms with E-state index in [-0.39, 0.29) is 12.4 Å². The molecule has 0 aliphatic rings. The Kier molecular flexibility index (Phi) is 26.4. The van der Waals surface area contributed by atoms with E-state index in [9.17, 15) is 0 Å². The van der Waals surface area contributed by atoms with Gasteiger partial charge in [0.15, 0.2) is 0 Å². The average Bonchev–Trinajstić information content (AvgIpc) is 2.62. The van der Waals surface area contributed by atoms with Crippen molar-refractivity contribution in [2.24, 2.45) is 0 Å². The molecule has 0 aromatic rings. The molecule has 0 spiro atoms. The predicted molar refractivity (Wildman–Crippen MR) is 129 cm³/mol. The third-order valence-corrected chi connectivity index (χ3v) is 8.96. The lowest BCUT2D eigenvalue weighted by Crippen LogP contribution is -2.10. The van der Waals surface area contributed by atoms with Gasteiger partial charge in [-0.3, -0.25) is 0 Å². The number of rotatable bonds is 20. The zero-order chi connectivity index (χ0) is 18.6. The first-order valence-corrected chi connectivity index (χ1v) is 13.8. The Labute approximate surface area is 175 Å². The molecule has 0 fully saturated rings. The van der Waals surface area contributed by atoms with Crippen molar-refractivity contribution in [3.63, 3.8) is 0 Å². The maximum Gasteiger partial charge on any atom is -0.0209 e. The van der Waals surface area contributed by atoms with Crippen LogP contribution in [-0.4, -0.2) is 18.0 Å². The first kappa shape index (κ1) is 28.9. The lowest BCUT2D eigenvalue weighted by atomic mass is 10.0. The van der Waals surface area contributed by atoms with E-state index in [0.29, 0.717) is 7.92 Å². The molecule has 0 heterocycles. The quantitative estimate of drug-likeness (QED) is 0.139. The first-order valence-electron chi connectivity index (χ1n) is 12.0. The highest BCUT2D eigenvalue weighted by Crippen LogP contribution is 2.47. The van der Waals surface area contributed by atoms with E-state index in [0.717, 1.165) is 5.66 Å². The number of hydrogen-bond acceptors (Lipinski definition) is 0. The van der Waals surface area contributed by atoms with Gasteiger partial charge in [0.25, 0.3) is 0 Å². The summed E-state index contributed by atoms with van der Waals surface area (Å²) >= 11 is 0. The van der Waals surface area contributed by atoms with E-state index >= 15 is 0 Å². The first-order chi connectivity index (χ1) is 12.3. The lowest BCUT2D eigenvalue weighted by Gasteiger charge is -2.28. The predicted octanol–water partition coefficient (Wildman–Crippen LogP) is 9.97. The molecule has 0 nitrogen and oxygen atoms in total. The van der Waals surface area contributed by atoms with Gasteiger partial charge >= 0.3 is 0 Å². The fourth-order valence-corrected chi connectivity index (χ4v) is 7.48. The summed E-state index contributed by atoms with van der Waals surface area (Å²) in [5, 5.41) is 0. The summed E-state index contributed by atoms with van der Waals surface area (Å²) in [7, 11) is 0.322. The molecule has 160 valence electrons. The third kappa shape index (κ3) is 18.1. The van der Waals surface area contributed by atoms with Crippen molar-refractivity contribution in [3.05, 3.63) is 0 Å². The summed E-state index contributed by atoms with van der Waals surface area (Å²) in [5.41, 5.74) is 1.09. The molecular weight excluding hydrogens is 355 g/mol. The minimum absolute atomic E-state index is 0. The standard InChI is InChI=1S/C24H51P.ClH/c1-5-9-12-13-14-15-16-17-18-19-21-24(20-8-4)25(22-10-6-2)23-11-7-3;/h24H,5-23H2,1-4H3;1H. The van der Waals surface area contributed by atoms with Crippen LogP contribution in [0, 0.1) is 0 Å². The molecule has 0 saturated carbocycles. The van der Waals surface area contributed by atoms with Gasteiger partial charge < -0.3 is 0 Å². The number of hydrogen-bond donors (Lipinski definition) is 0. The normalized spacial score (nSPS) is 12.3. The lowest BCUT2D eigenvalue weighted by molar-refractivity contribution is 0.539. The van der Waals surface area contributed by atoms with E-state index < -0.39 is 0 Å². The zero-order valence-electron chi connectivity index (χ0n) is 18.9. The van der Waals surface area contributed by atoms with Gasteiger partial charge in [-0.2, -0.15) is 0 Å². The van der Waals surface area contributed by atoms with Gasteiger partial charge in [0.2, 0.25) is 0 Å². The molecule has 0 radical (unpaired) electrons. The Morgan fingerprint density at radius 1 is 0.462 bits per heavy atom. The van der Waals surface area contributed by atoms with Gasteiger partial charge in [0, 0.05) is 0 Å². The van der Waals surface area contributed by atoms with Crippen LogP contribution in [0.1, 0.15) is 137 Å². The Bertz CT molecular complexity index is 236. The van der Waals surface area contributed by atoms with Gasteiger partial charge in [-0.1, -0.05) is 111 Å². The van der Waals surface area contributed by atoms with Crippen LogP contribution in [-0.2, 0) is 0 Å². The molecule has 0 aromatic heterocycles. The van der Waals surface area contributed by atoms with E-state index in [1.165, 1.54) is 103 Å². The highest BCUT2D eigenvalue weighted by Gasteiger charge is 2.18. The largest absolute Gasteiger partial charge is 0.147 e. The van der Waals surface area contributed by atoms with E-state index in [4.69, 9.17) is 0 Å². The molecule has 0 bridgehead atoms.